The normalized spacial score (nSPS) is 13.7. The molecule has 8 nitrogen and oxygen atoms in total. The topological polar surface area (TPSA) is 114 Å². The van der Waals surface area contributed by atoms with Crippen LogP contribution in [0.2, 0.25) is 0 Å². The maximum atomic E-state index is 15.2. The highest BCUT2D eigenvalue weighted by Crippen LogP contribution is 2.33. The van der Waals surface area contributed by atoms with E-state index in [1.807, 2.05) is 0 Å². The lowest BCUT2D eigenvalue weighted by atomic mass is 10.00. The van der Waals surface area contributed by atoms with E-state index in [1.54, 1.807) is 24.5 Å². The molecule has 0 spiro atoms. The fourth-order valence-electron chi connectivity index (χ4n) is 3.63. The van der Waals surface area contributed by atoms with Crippen LogP contribution in [0.15, 0.2) is 49.1 Å². The van der Waals surface area contributed by atoms with Crippen molar-refractivity contribution in [2.24, 2.45) is 0 Å². The first-order valence-corrected chi connectivity index (χ1v) is 11.8. The largest absolute Gasteiger partial charge is 0.495 e. The highest BCUT2D eigenvalue weighted by atomic mass is 32.2. The highest BCUT2D eigenvalue weighted by Gasteiger charge is 2.36. The first-order valence-electron chi connectivity index (χ1n) is 10.3. The molecule has 1 aliphatic carbocycles. The van der Waals surface area contributed by atoms with E-state index in [2.05, 4.69) is 19.7 Å². The third-order valence-electron chi connectivity index (χ3n) is 5.59. The maximum absolute atomic E-state index is 15.2. The van der Waals surface area contributed by atoms with E-state index in [0.29, 0.717) is 40.8 Å². The standard InChI is InChI=1S/C23H18F2N4O4S/c1-33-14-6-12(8-26-10-14)13-7-16-17(11-28-23(16)27-9-13)22(30)20-18(24)4-5-19(21(20)25)29-34(31,32)15-2-3-15/h4-11,15,29H,2-3H2,1H3,(H,27,28). The van der Waals surface area contributed by atoms with Crippen LogP contribution < -0.4 is 9.46 Å². The smallest absolute Gasteiger partial charge is 0.235 e. The zero-order chi connectivity index (χ0) is 24.0. The number of sulfonamides is 1. The molecule has 0 saturated heterocycles. The fourth-order valence-corrected chi connectivity index (χ4v) is 5.01. The first-order chi connectivity index (χ1) is 16.3. The number of anilines is 1. The minimum Gasteiger partial charge on any atom is -0.495 e. The number of rotatable bonds is 7. The number of hydrogen-bond acceptors (Lipinski definition) is 6. The van der Waals surface area contributed by atoms with Gasteiger partial charge in [0, 0.05) is 40.7 Å². The number of ketones is 1. The number of nitrogens with one attached hydrogen (secondary N) is 2. The average Bonchev–Trinajstić information content (AvgIpc) is 3.61. The number of halogens is 2. The van der Waals surface area contributed by atoms with Gasteiger partial charge in [-0.15, -0.1) is 0 Å². The Labute approximate surface area is 193 Å². The molecule has 3 heterocycles. The van der Waals surface area contributed by atoms with Crippen molar-refractivity contribution in [2.75, 3.05) is 11.8 Å². The summed E-state index contributed by atoms with van der Waals surface area (Å²) < 4.78 is 61.6. The number of benzene rings is 1. The van der Waals surface area contributed by atoms with Gasteiger partial charge in [-0.3, -0.25) is 14.5 Å². The van der Waals surface area contributed by atoms with Crippen LogP contribution in [0.25, 0.3) is 22.2 Å². The predicted molar refractivity (Wildman–Crippen MR) is 121 cm³/mol. The number of carbonyl (C=O) groups is 1. The van der Waals surface area contributed by atoms with Crippen LogP contribution in [0, 0.1) is 11.6 Å². The average molecular weight is 484 g/mol. The Kier molecular flexibility index (Phi) is 5.28. The number of nitrogens with zero attached hydrogens (tertiary/aromatic N) is 2. The van der Waals surface area contributed by atoms with Crippen molar-refractivity contribution in [3.05, 3.63) is 71.8 Å². The quantitative estimate of drug-likeness (QED) is 0.383. The third-order valence-corrected chi connectivity index (χ3v) is 7.45. The molecule has 0 unspecified atom stereocenters. The summed E-state index contributed by atoms with van der Waals surface area (Å²) in [7, 11) is -2.30. The number of pyridine rings is 2. The van der Waals surface area contributed by atoms with Crippen molar-refractivity contribution in [1.29, 1.82) is 0 Å². The van der Waals surface area contributed by atoms with E-state index < -0.39 is 43.9 Å². The molecule has 0 aliphatic heterocycles. The van der Waals surface area contributed by atoms with E-state index >= 15 is 4.39 Å². The van der Waals surface area contributed by atoms with Crippen LogP contribution in [0.1, 0.15) is 28.8 Å². The summed E-state index contributed by atoms with van der Waals surface area (Å²) >= 11 is 0. The van der Waals surface area contributed by atoms with Crippen LogP contribution in [0.3, 0.4) is 0 Å². The summed E-state index contributed by atoms with van der Waals surface area (Å²) in [4.78, 5) is 24.5. The van der Waals surface area contributed by atoms with Gasteiger partial charge in [-0.2, -0.15) is 0 Å². The summed E-state index contributed by atoms with van der Waals surface area (Å²) in [6, 6.07) is 5.21. The third kappa shape index (κ3) is 3.87. The Balaban J connectivity index is 1.56. The molecular weight excluding hydrogens is 466 g/mol. The molecule has 0 bridgehead atoms. The van der Waals surface area contributed by atoms with Crippen LogP contribution in [0.5, 0.6) is 5.75 Å². The molecule has 2 N–H and O–H groups in total. The molecule has 5 rings (SSSR count). The SMILES string of the molecule is COc1cncc(-c2cnc3[nH]cc(C(=O)c4c(F)ccc(NS(=O)(=O)C5CC5)c4F)c3c2)c1. The van der Waals surface area contributed by atoms with Crippen molar-refractivity contribution >= 4 is 32.5 Å². The maximum Gasteiger partial charge on any atom is 0.235 e. The van der Waals surface area contributed by atoms with Crippen molar-refractivity contribution in [1.82, 2.24) is 15.0 Å². The lowest BCUT2D eigenvalue weighted by Gasteiger charge is -2.11. The Morgan fingerprint density at radius 1 is 1.15 bits per heavy atom. The van der Waals surface area contributed by atoms with Crippen molar-refractivity contribution in [3.8, 4) is 16.9 Å². The molecule has 0 amide bonds. The van der Waals surface area contributed by atoms with E-state index in [0.717, 1.165) is 12.1 Å². The molecule has 11 heteroatoms. The number of H-pyrrole nitrogens is 1. The van der Waals surface area contributed by atoms with Crippen LogP contribution in [-0.2, 0) is 10.0 Å². The van der Waals surface area contributed by atoms with E-state index in [-0.39, 0.29) is 5.56 Å². The van der Waals surface area contributed by atoms with Gasteiger partial charge in [0.05, 0.1) is 29.8 Å². The molecule has 34 heavy (non-hydrogen) atoms. The Morgan fingerprint density at radius 2 is 1.91 bits per heavy atom. The van der Waals surface area contributed by atoms with Gasteiger partial charge < -0.3 is 9.72 Å². The van der Waals surface area contributed by atoms with Crippen LogP contribution >= 0.6 is 0 Å². The Morgan fingerprint density at radius 3 is 2.65 bits per heavy atom. The lowest BCUT2D eigenvalue weighted by Crippen LogP contribution is -2.19. The molecule has 1 aliphatic rings. The van der Waals surface area contributed by atoms with Crippen LogP contribution in [0.4, 0.5) is 14.5 Å². The van der Waals surface area contributed by atoms with Gasteiger partial charge in [0.1, 0.15) is 17.2 Å². The van der Waals surface area contributed by atoms with E-state index in [1.165, 1.54) is 19.5 Å². The van der Waals surface area contributed by atoms with E-state index in [4.69, 9.17) is 4.74 Å². The molecule has 0 atom stereocenters. The fraction of sp³-hybridized carbons (Fsp3) is 0.174. The van der Waals surface area contributed by atoms with Gasteiger partial charge in [0.15, 0.2) is 5.82 Å². The molecular formula is C23H18F2N4O4S. The van der Waals surface area contributed by atoms with Gasteiger partial charge in [-0.25, -0.2) is 22.2 Å². The zero-order valence-electron chi connectivity index (χ0n) is 17.8. The lowest BCUT2D eigenvalue weighted by molar-refractivity contribution is 0.103. The minimum atomic E-state index is -3.80. The Hall–Kier alpha value is -3.86. The highest BCUT2D eigenvalue weighted by molar-refractivity contribution is 7.93. The number of aromatic amines is 1. The second kappa shape index (κ2) is 8.17. The van der Waals surface area contributed by atoms with Crippen molar-refractivity contribution < 1.29 is 26.7 Å². The van der Waals surface area contributed by atoms with Gasteiger partial charge in [0.2, 0.25) is 15.8 Å². The predicted octanol–water partition coefficient (Wildman–Crippen LogP) is 4.05. The summed E-state index contributed by atoms with van der Waals surface area (Å²) in [5.74, 6) is -2.80. The second-order valence-corrected chi connectivity index (χ2v) is 9.86. The number of aromatic nitrogens is 3. The van der Waals surface area contributed by atoms with Crippen LogP contribution in [-0.4, -0.2) is 41.5 Å². The zero-order valence-corrected chi connectivity index (χ0v) is 18.6. The number of ether oxygens (including phenoxy) is 1. The van der Waals surface area contributed by atoms with E-state index in [9.17, 15) is 17.6 Å². The van der Waals surface area contributed by atoms with Gasteiger partial charge in [-0.05, 0) is 37.1 Å². The summed E-state index contributed by atoms with van der Waals surface area (Å²) in [6.45, 7) is 0. The summed E-state index contributed by atoms with van der Waals surface area (Å²) in [6.07, 6.45) is 6.95. The molecule has 1 aromatic carbocycles. The van der Waals surface area contributed by atoms with Gasteiger partial charge >= 0.3 is 0 Å². The van der Waals surface area contributed by atoms with Crippen molar-refractivity contribution in [3.63, 3.8) is 0 Å². The van der Waals surface area contributed by atoms with Gasteiger partial charge in [-0.1, -0.05) is 0 Å². The molecule has 1 saturated carbocycles. The summed E-state index contributed by atoms with van der Waals surface area (Å²) in [5.41, 5.74) is 0.277. The van der Waals surface area contributed by atoms with Crippen molar-refractivity contribution in [2.45, 2.75) is 18.1 Å². The first kappa shape index (κ1) is 22.0. The number of carbonyl (C=O) groups excluding carboxylic acids is 1. The molecule has 174 valence electrons. The van der Waals surface area contributed by atoms with Gasteiger partial charge in [0.25, 0.3) is 0 Å². The second-order valence-electron chi connectivity index (χ2n) is 7.90. The number of fused-ring (bicyclic) bond motifs is 1. The molecule has 0 radical (unpaired) electrons. The number of methoxy groups -OCH3 is 1. The summed E-state index contributed by atoms with van der Waals surface area (Å²) in [5, 5.41) is -0.270. The number of hydrogen-bond donors (Lipinski definition) is 2. The Bertz CT molecular complexity index is 1550. The molecule has 3 aromatic heterocycles. The molecule has 4 aromatic rings. The monoisotopic (exact) mass is 484 g/mol. The minimum absolute atomic E-state index is 0.0137. The molecule has 1 fully saturated rings.